The van der Waals surface area contributed by atoms with Crippen molar-refractivity contribution in [2.75, 3.05) is 19.9 Å². The Morgan fingerprint density at radius 1 is 1.07 bits per heavy atom. The molecule has 0 unspecified atom stereocenters. The van der Waals surface area contributed by atoms with E-state index in [1.807, 2.05) is 44.2 Å². The predicted molar refractivity (Wildman–Crippen MR) is 108 cm³/mol. The molecular weight excluding hydrogens is 388 g/mol. The van der Waals surface area contributed by atoms with Crippen molar-refractivity contribution < 1.29 is 28.6 Å². The highest BCUT2D eigenvalue weighted by molar-refractivity contribution is 5.96. The molecule has 0 atom stereocenters. The van der Waals surface area contributed by atoms with Crippen LogP contribution in [0.4, 0.5) is 0 Å². The molecule has 1 N–H and O–H groups in total. The number of nitrogens with zero attached hydrogens (tertiary/aromatic N) is 1. The van der Waals surface area contributed by atoms with Gasteiger partial charge in [0.25, 0.3) is 11.8 Å². The average Bonchev–Trinajstić information content (AvgIpc) is 3.22. The molecule has 8 nitrogen and oxygen atoms in total. The van der Waals surface area contributed by atoms with Crippen LogP contribution in [0.5, 0.6) is 11.5 Å². The molecule has 2 aromatic rings. The summed E-state index contributed by atoms with van der Waals surface area (Å²) in [6.07, 6.45) is 0. The third-order valence-electron chi connectivity index (χ3n) is 4.52. The first-order chi connectivity index (χ1) is 14.4. The van der Waals surface area contributed by atoms with Crippen molar-refractivity contribution in [2.24, 2.45) is 0 Å². The Kier molecular flexibility index (Phi) is 6.90. The maximum Gasteiger partial charge on any atom is 0.325 e. The molecule has 1 aliphatic heterocycles. The summed E-state index contributed by atoms with van der Waals surface area (Å²) >= 11 is 0. The van der Waals surface area contributed by atoms with Gasteiger partial charge in [0.1, 0.15) is 6.54 Å². The molecule has 0 fully saturated rings. The summed E-state index contributed by atoms with van der Waals surface area (Å²) in [6, 6.07) is 14.3. The fourth-order valence-electron chi connectivity index (χ4n) is 2.91. The lowest BCUT2D eigenvalue weighted by atomic mass is 10.2. The first-order valence-corrected chi connectivity index (χ1v) is 9.61. The van der Waals surface area contributed by atoms with Crippen LogP contribution in [-0.2, 0) is 20.9 Å². The number of benzene rings is 2. The molecule has 2 amide bonds. The molecular formula is C22H24N2O6. The summed E-state index contributed by atoms with van der Waals surface area (Å²) < 4.78 is 15.5. The van der Waals surface area contributed by atoms with E-state index < -0.39 is 11.9 Å². The van der Waals surface area contributed by atoms with Crippen molar-refractivity contribution in [2.45, 2.75) is 26.4 Å². The monoisotopic (exact) mass is 412 g/mol. The molecule has 0 bridgehead atoms. The van der Waals surface area contributed by atoms with E-state index in [2.05, 4.69) is 5.32 Å². The Balaban J connectivity index is 1.46. The second-order valence-corrected chi connectivity index (χ2v) is 7.01. The largest absolute Gasteiger partial charge is 0.454 e. The Hall–Kier alpha value is -3.55. The summed E-state index contributed by atoms with van der Waals surface area (Å²) in [7, 11) is 0. The van der Waals surface area contributed by atoms with Crippen molar-refractivity contribution in [1.82, 2.24) is 10.2 Å². The number of fused-ring (bicyclic) bond motifs is 1. The van der Waals surface area contributed by atoms with Gasteiger partial charge in [-0.3, -0.25) is 14.4 Å². The molecule has 30 heavy (non-hydrogen) atoms. The van der Waals surface area contributed by atoms with E-state index in [4.69, 9.17) is 14.2 Å². The van der Waals surface area contributed by atoms with Gasteiger partial charge in [0.15, 0.2) is 18.1 Å². The molecule has 158 valence electrons. The van der Waals surface area contributed by atoms with Crippen LogP contribution >= 0.6 is 0 Å². The summed E-state index contributed by atoms with van der Waals surface area (Å²) in [4.78, 5) is 38.3. The third-order valence-corrected chi connectivity index (χ3v) is 4.52. The molecule has 8 heteroatoms. The molecule has 3 rings (SSSR count). The van der Waals surface area contributed by atoms with E-state index in [1.54, 1.807) is 17.0 Å². The highest BCUT2D eigenvalue weighted by Crippen LogP contribution is 2.32. The summed E-state index contributed by atoms with van der Waals surface area (Å²) in [5, 5.41) is 2.47. The Bertz CT molecular complexity index is 913. The average molecular weight is 412 g/mol. The SMILES string of the molecule is CC(C)N(Cc1ccccc1)C(=O)COC(=O)CNC(=O)c1ccc2c(c1)OCO2. The molecule has 1 heterocycles. The van der Waals surface area contributed by atoms with Crippen LogP contribution in [0.1, 0.15) is 29.8 Å². The highest BCUT2D eigenvalue weighted by atomic mass is 16.7. The molecule has 0 saturated carbocycles. The molecule has 2 aromatic carbocycles. The van der Waals surface area contributed by atoms with Crippen molar-refractivity contribution >= 4 is 17.8 Å². The van der Waals surface area contributed by atoms with Crippen LogP contribution in [0, 0.1) is 0 Å². The number of hydrogen-bond acceptors (Lipinski definition) is 6. The van der Waals surface area contributed by atoms with Gasteiger partial charge in [-0.2, -0.15) is 0 Å². The van der Waals surface area contributed by atoms with Crippen LogP contribution in [0.2, 0.25) is 0 Å². The van der Waals surface area contributed by atoms with Gasteiger partial charge in [-0.15, -0.1) is 0 Å². The molecule has 1 aliphatic rings. The zero-order valence-electron chi connectivity index (χ0n) is 16.9. The van der Waals surface area contributed by atoms with Crippen molar-refractivity contribution in [1.29, 1.82) is 0 Å². The van der Waals surface area contributed by atoms with Gasteiger partial charge in [0.05, 0.1) is 0 Å². The van der Waals surface area contributed by atoms with Gasteiger partial charge in [0.2, 0.25) is 6.79 Å². The number of rotatable bonds is 8. The first-order valence-electron chi connectivity index (χ1n) is 9.61. The second-order valence-electron chi connectivity index (χ2n) is 7.01. The minimum Gasteiger partial charge on any atom is -0.454 e. The molecule has 0 radical (unpaired) electrons. The topological polar surface area (TPSA) is 94.2 Å². The van der Waals surface area contributed by atoms with E-state index in [9.17, 15) is 14.4 Å². The van der Waals surface area contributed by atoms with E-state index in [1.165, 1.54) is 6.07 Å². The molecule has 0 saturated heterocycles. The zero-order chi connectivity index (χ0) is 21.5. The summed E-state index contributed by atoms with van der Waals surface area (Å²) in [5.41, 5.74) is 1.32. The van der Waals surface area contributed by atoms with Gasteiger partial charge < -0.3 is 24.4 Å². The highest BCUT2D eigenvalue weighted by Gasteiger charge is 2.20. The fourth-order valence-corrected chi connectivity index (χ4v) is 2.91. The van der Waals surface area contributed by atoms with Crippen molar-refractivity contribution in [3.8, 4) is 11.5 Å². The lowest BCUT2D eigenvalue weighted by molar-refractivity contribution is -0.152. The lowest BCUT2D eigenvalue weighted by Gasteiger charge is -2.26. The Morgan fingerprint density at radius 2 is 1.80 bits per heavy atom. The Labute approximate surface area is 174 Å². The first kappa shape index (κ1) is 21.2. The van der Waals surface area contributed by atoms with Gasteiger partial charge in [-0.1, -0.05) is 30.3 Å². The number of ether oxygens (including phenoxy) is 3. The van der Waals surface area contributed by atoms with Crippen molar-refractivity contribution in [3.63, 3.8) is 0 Å². The minimum atomic E-state index is -0.694. The third kappa shape index (κ3) is 5.50. The van der Waals surface area contributed by atoms with Crippen molar-refractivity contribution in [3.05, 3.63) is 59.7 Å². The van der Waals surface area contributed by atoms with E-state index in [0.717, 1.165) is 5.56 Å². The van der Waals surface area contributed by atoms with Gasteiger partial charge in [0, 0.05) is 18.2 Å². The molecule has 0 aliphatic carbocycles. The van der Waals surface area contributed by atoms with E-state index in [-0.39, 0.29) is 31.9 Å². The van der Waals surface area contributed by atoms with Crippen LogP contribution < -0.4 is 14.8 Å². The number of esters is 1. The summed E-state index contributed by atoms with van der Waals surface area (Å²) in [5.74, 6) is -0.410. The summed E-state index contributed by atoms with van der Waals surface area (Å²) in [6.45, 7) is 3.60. The zero-order valence-corrected chi connectivity index (χ0v) is 16.9. The van der Waals surface area contributed by atoms with Gasteiger partial charge in [-0.05, 0) is 37.6 Å². The van der Waals surface area contributed by atoms with Crippen LogP contribution in [0.25, 0.3) is 0 Å². The second kappa shape index (κ2) is 9.78. The standard InChI is InChI=1S/C22H24N2O6/c1-15(2)24(12-16-6-4-3-5-7-16)20(25)13-28-21(26)11-23-22(27)17-8-9-18-19(10-17)30-14-29-18/h3-10,15H,11-14H2,1-2H3,(H,23,27). The quantitative estimate of drug-likeness (QED) is 0.668. The number of amides is 2. The number of carbonyl (C=O) groups excluding carboxylic acids is 3. The van der Waals surface area contributed by atoms with E-state index in [0.29, 0.717) is 23.6 Å². The van der Waals surface area contributed by atoms with Crippen LogP contribution in [0.3, 0.4) is 0 Å². The minimum absolute atomic E-state index is 0.0536. The smallest absolute Gasteiger partial charge is 0.325 e. The molecule has 0 spiro atoms. The number of carbonyl (C=O) groups is 3. The fraction of sp³-hybridized carbons (Fsp3) is 0.318. The normalized spacial score (nSPS) is 11.8. The maximum absolute atomic E-state index is 12.5. The lowest BCUT2D eigenvalue weighted by Crippen LogP contribution is -2.40. The number of nitrogens with one attached hydrogen (secondary N) is 1. The predicted octanol–water partition coefficient (Wildman–Crippen LogP) is 2.13. The van der Waals surface area contributed by atoms with E-state index >= 15 is 0 Å². The van der Waals surface area contributed by atoms with Gasteiger partial charge >= 0.3 is 5.97 Å². The maximum atomic E-state index is 12.5. The van der Waals surface area contributed by atoms with Crippen LogP contribution in [-0.4, -0.2) is 48.7 Å². The Morgan fingerprint density at radius 3 is 2.53 bits per heavy atom. The number of hydrogen-bond donors (Lipinski definition) is 1. The molecule has 0 aromatic heterocycles. The van der Waals surface area contributed by atoms with Gasteiger partial charge in [-0.25, -0.2) is 0 Å². The van der Waals surface area contributed by atoms with Crippen LogP contribution in [0.15, 0.2) is 48.5 Å².